The summed E-state index contributed by atoms with van der Waals surface area (Å²) in [6, 6.07) is 3.92. The predicted molar refractivity (Wildman–Crippen MR) is 61.2 cm³/mol. The Morgan fingerprint density at radius 1 is 1.62 bits per heavy atom. The van der Waals surface area contributed by atoms with E-state index < -0.39 is 17.8 Å². The molecule has 0 spiro atoms. The maximum absolute atomic E-state index is 13.2. The zero-order valence-electron chi connectivity index (χ0n) is 8.11. The van der Waals surface area contributed by atoms with Crippen LogP contribution in [0.25, 0.3) is 0 Å². The molecule has 6 heteroatoms. The highest BCUT2D eigenvalue weighted by Crippen LogP contribution is 2.33. The van der Waals surface area contributed by atoms with E-state index in [4.69, 9.17) is 16.7 Å². The Bertz CT molecular complexity index is 429. The third-order valence-corrected chi connectivity index (χ3v) is 3.90. The highest BCUT2D eigenvalue weighted by atomic mass is 35.5. The third-order valence-electron chi connectivity index (χ3n) is 2.33. The first-order chi connectivity index (χ1) is 7.58. The molecule has 0 aromatic heterocycles. The van der Waals surface area contributed by atoms with Gasteiger partial charge >= 0.3 is 5.97 Å². The molecule has 0 aliphatic carbocycles. The molecule has 0 amide bonds. The first-order valence-electron chi connectivity index (χ1n) is 4.63. The molecule has 86 valence electrons. The zero-order valence-corrected chi connectivity index (χ0v) is 9.69. The Hall–Kier alpha value is -0.780. The molecule has 1 saturated heterocycles. The van der Waals surface area contributed by atoms with Crippen LogP contribution < -0.4 is 5.32 Å². The number of hydrogen-bond donors (Lipinski definition) is 2. The minimum Gasteiger partial charge on any atom is -0.480 e. The molecule has 1 fully saturated rings. The first kappa shape index (κ1) is 11.7. The largest absolute Gasteiger partial charge is 0.480 e. The Labute approximate surface area is 101 Å². The summed E-state index contributed by atoms with van der Waals surface area (Å²) in [5.74, 6) is -0.894. The van der Waals surface area contributed by atoms with Gasteiger partial charge in [-0.15, -0.1) is 11.8 Å². The molecule has 0 radical (unpaired) electrons. The number of thioether (sulfide) groups is 1. The van der Waals surface area contributed by atoms with Gasteiger partial charge in [0.25, 0.3) is 0 Å². The Morgan fingerprint density at radius 3 is 2.94 bits per heavy atom. The van der Waals surface area contributed by atoms with Gasteiger partial charge in [0, 0.05) is 5.75 Å². The van der Waals surface area contributed by atoms with E-state index in [1.807, 2.05) is 0 Å². The van der Waals surface area contributed by atoms with Crippen molar-refractivity contribution in [2.24, 2.45) is 0 Å². The molecule has 2 rings (SSSR count). The molecule has 1 aliphatic heterocycles. The van der Waals surface area contributed by atoms with Crippen LogP contribution >= 0.6 is 23.4 Å². The monoisotopic (exact) mass is 261 g/mol. The van der Waals surface area contributed by atoms with Crippen LogP contribution in [0.15, 0.2) is 18.2 Å². The molecule has 0 saturated carbocycles. The van der Waals surface area contributed by atoms with Crippen LogP contribution in [0, 0.1) is 5.82 Å². The van der Waals surface area contributed by atoms with Crippen molar-refractivity contribution < 1.29 is 14.3 Å². The van der Waals surface area contributed by atoms with Crippen molar-refractivity contribution in [1.29, 1.82) is 0 Å². The summed E-state index contributed by atoms with van der Waals surface area (Å²) in [6.07, 6.45) is 0. The Morgan fingerprint density at radius 2 is 2.38 bits per heavy atom. The lowest BCUT2D eigenvalue weighted by Crippen LogP contribution is -2.33. The average Bonchev–Trinajstić information content (AvgIpc) is 2.71. The summed E-state index contributed by atoms with van der Waals surface area (Å²) in [5, 5.41) is 11.6. The van der Waals surface area contributed by atoms with Gasteiger partial charge in [-0.1, -0.05) is 17.7 Å². The van der Waals surface area contributed by atoms with Crippen LogP contribution in [-0.2, 0) is 4.79 Å². The molecule has 2 N–H and O–H groups in total. The van der Waals surface area contributed by atoms with E-state index in [1.165, 1.54) is 23.9 Å². The number of rotatable bonds is 2. The van der Waals surface area contributed by atoms with Gasteiger partial charge in [0.1, 0.15) is 11.9 Å². The number of aliphatic carboxylic acids is 1. The van der Waals surface area contributed by atoms with E-state index in [9.17, 15) is 9.18 Å². The highest BCUT2D eigenvalue weighted by Gasteiger charge is 2.30. The molecular formula is C10H9ClFNO2S. The lowest BCUT2D eigenvalue weighted by atomic mass is 10.2. The SMILES string of the molecule is O=C(O)[C@H]1CSC(c2ccc(Cl)c(F)c2)N1. The minimum atomic E-state index is -0.885. The maximum atomic E-state index is 13.2. The molecule has 0 bridgehead atoms. The molecule has 1 heterocycles. The number of nitrogens with one attached hydrogen (secondary N) is 1. The minimum absolute atomic E-state index is 0.0709. The van der Waals surface area contributed by atoms with Crippen LogP contribution in [0.4, 0.5) is 4.39 Å². The smallest absolute Gasteiger partial charge is 0.321 e. The maximum Gasteiger partial charge on any atom is 0.321 e. The summed E-state index contributed by atoms with van der Waals surface area (Å²) in [7, 11) is 0. The number of carboxylic acid groups (broad SMARTS) is 1. The van der Waals surface area contributed by atoms with Crippen LogP contribution in [0.5, 0.6) is 0 Å². The van der Waals surface area contributed by atoms with E-state index in [-0.39, 0.29) is 10.4 Å². The van der Waals surface area contributed by atoms with E-state index in [0.29, 0.717) is 11.3 Å². The molecule has 1 unspecified atom stereocenters. The van der Waals surface area contributed by atoms with Crippen LogP contribution in [0.2, 0.25) is 5.02 Å². The van der Waals surface area contributed by atoms with E-state index >= 15 is 0 Å². The van der Waals surface area contributed by atoms with Gasteiger partial charge in [-0.05, 0) is 17.7 Å². The van der Waals surface area contributed by atoms with Crippen LogP contribution in [-0.4, -0.2) is 22.9 Å². The molecule has 1 aromatic rings. The number of hydrogen-bond acceptors (Lipinski definition) is 3. The van der Waals surface area contributed by atoms with Gasteiger partial charge in [-0.2, -0.15) is 0 Å². The second-order valence-corrected chi connectivity index (χ2v) is 4.99. The highest BCUT2D eigenvalue weighted by molar-refractivity contribution is 7.99. The molecule has 3 nitrogen and oxygen atoms in total. The fourth-order valence-corrected chi connectivity index (χ4v) is 2.82. The number of carbonyl (C=O) groups is 1. The fraction of sp³-hybridized carbons (Fsp3) is 0.300. The van der Waals surface area contributed by atoms with Gasteiger partial charge in [0.05, 0.1) is 10.4 Å². The topological polar surface area (TPSA) is 49.3 Å². The van der Waals surface area contributed by atoms with E-state index in [0.717, 1.165) is 0 Å². The lowest BCUT2D eigenvalue weighted by Gasteiger charge is -2.11. The summed E-state index contributed by atoms with van der Waals surface area (Å²) < 4.78 is 13.2. The van der Waals surface area contributed by atoms with Crippen molar-refractivity contribution in [2.45, 2.75) is 11.4 Å². The summed E-state index contributed by atoms with van der Waals surface area (Å²) in [4.78, 5) is 10.7. The van der Waals surface area contributed by atoms with Crippen molar-refractivity contribution in [3.05, 3.63) is 34.6 Å². The van der Waals surface area contributed by atoms with Gasteiger partial charge in [-0.25, -0.2) is 4.39 Å². The summed E-state index contributed by atoms with van der Waals surface area (Å²) >= 11 is 7.01. The van der Waals surface area contributed by atoms with Crippen LogP contribution in [0.3, 0.4) is 0 Å². The quantitative estimate of drug-likeness (QED) is 0.858. The standard InChI is InChI=1S/C10H9ClFNO2S/c11-6-2-1-5(3-7(6)12)9-13-8(4-16-9)10(14)15/h1-3,8-9,13H,4H2,(H,14,15)/t8-,9?/m1/s1. The fourth-order valence-electron chi connectivity index (χ4n) is 1.48. The second-order valence-electron chi connectivity index (χ2n) is 3.44. The molecule has 1 aromatic carbocycles. The van der Waals surface area contributed by atoms with Crippen molar-refractivity contribution in [2.75, 3.05) is 5.75 Å². The van der Waals surface area contributed by atoms with E-state index in [1.54, 1.807) is 6.07 Å². The number of halogens is 2. The normalized spacial score (nSPS) is 24.6. The molecular weight excluding hydrogens is 253 g/mol. The predicted octanol–water partition coefficient (Wildman–Crippen LogP) is 2.27. The molecule has 16 heavy (non-hydrogen) atoms. The van der Waals surface area contributed by atoms with Gasteiger partial charge in [-0.3, -0.25) is 10.1 Å². The summed E-state index contributed by atoms with van der Waals surface area (Å²) in [6.45, 7) is 0. The van der Waals surface area contributed by atoms with Crippen molar-refractivity contribution in [1.82, 2.24) is 5.32 Å². The Balaban J connectivity index is 2.14. The molecule has 2 atom stereocenters. The summed E-state index contributed by atoms with van der Waals surface area (Å²) in [5.41, 5.74) is 0.704. The Kier molecular flexibility index (Phi) is 3.37. The van der Waals surface area contributed by atoms with Gasteiger partial charge in [0.15, 0.2) is 0 Å². The lowest BCUT2D eigenvalue weighted by molar-refractivity contribution is -0.138. The van der Waals surface area contributed by atoms with Crippen molar-refractivity contribution >= 4 is 29.3 Å². The van der Waals surface area contributed by atoms with Gasteiger partial charge in [0.2, 0.25) is 0 Å². The van der Waals surface area contributed by atoms with Crippen LogP contribution in [0.1, 0.15) is 10.9 Å². The molecule has 1 aliphatic rings. The van der Waals surface area contributed by atoms with Crippen molar-refractivity contribution in [3.8, 4) is 0 Å². The number of benzene rings is 1. The zero-order chi connectivity index (χ0) is 11.7. The third kappa shape index (κ3) is 2.31. The van der Waals surface area contributed by atoms with Crippen molar-refractivity contribution in [3.63, 3.8) is 0 Å². The second kappa shape index (κ2) is 4.61. The first-order valence-corrected chi connectivity index (χ1v) is 6.06. The van der Waals surface area contributed by atoms with Gasteiger partial charge < -0.3 is 5.11 Å². The van der Waals surface area contributed by atoms with E-state index in [2.05, 4.69) is 5.32 Å². The number of carboxylic acids is 1. The average molecular weight is 262 g/mol.